The summed E-state index contributed by atoms with van der Waals surface area (Å²) in [5.74, 6) is -2.01. The summed E-state index contributed by atoms with van der Waals surface area (Å²) in [6.45, 7) is 2.06. The molecule has 0 aliphatic rings. The average Bonchev–Trinajstić information content (AvgIpc) is 2.74. The van der Waals surface area contributed by atoms with E-state index in [4.69, 9.17) is 5.11 Å². The number of benzene rings is 1. The lowest BCUT2D eigenvalue weighted by Gasteiger charge is -2.18. The largest absolute Gasteiger partial charge is 0.573 e. The molecule has 1 aromatic carbocycles. The Balaban J connectivity index is 1.79. The Labute approximate surface area is 193 Å². The van der Waals surface area contributed by atoms with Crippen LogP contribution in [0.15, 0.2) is 42.6 Å². The molecule has 0 saturated heterocycles. The van der Waals surface area contributed by atoms with E-state index in [1.165, 1.54) is 12.1 Å². The fourth-order valence-electron chi connectivity index (χ4n) is 2.94. The minimum atomic E-state index is -4.86. The highest BCUT2D eigenvalue weighted by atomic mass is 19.4. The number of carboxylic acids is 1. The van der Waals surface area contributed by atoms with Gasteiger partial charge in [0.15, 0.2) is 0 Å². The zero-order valence-electron chi connectivity index (χ0n) is 18.3. The molecule has 0 bridgehead atoms. The van der Waals surface area contributed by atoms with Crippen molar-refractivity contribution in [1.29, 1.82) is 0 Å². The van der Waals surface area contributed by atoms with Crippen LogP contribution in [0.25, 0.3) is 0 Å². The van der Waals surface area contributed by atoms with Gasteiger partial charge in [0.25, 0.3) is 0 Å². The van der Waals surface area contributed by atoms with Gasteiger partial charge in [-0.2, -0.15) is 0 Å². The van der Waals surface area contributed by atoms with E-state index in [1.807, 2.05) is 19.1 Å². The first-order chi connectivity index (χ1) is 16.0. The summed E-state index contributed by atoms with van der Waals surface area (Å²) < 4.78 is 40.6. The maximum atomic E-state index is 12.3. The monoisotopic (exact) mass is 482 g/mol. The highest BCUT2D eigenvalue weighted by Crippen LogP contribution is 2.25. The van der Waals surface area contributed by atoms with Crippen LogP contribution in [0.5, 0.6) is 5.75 Å². The molecule has 12 heteroatoms. The fraction of sp³-hybridized carbons (Fsp3) is 0.364. The number of alkyl halides is 3. The van der Waals surface area contributed by atoms with Crippen molar-refractivity contribution >= 4 is 23.6 Å². The molecule has 0 fully saturated rings. The first kappa shape index (κ1) is 26.4. The van der Waals surface area contributed by atoms with Crippen molar-refractivity contribution in [2.45, 2.75) is 38.6 Å². The summed E-state index contributed by atoms with van der Waals surface area (Å²) in [4.78, 5) is 39.5. The number of amides is 2. The highest BCUT2D eigenvalue weighted by molar-refractivity contribution is 5.85. The number of carbonyl (C=O) groups excluding carboxylic acids is 2. The molecule has 1 atom stereocenters. The number of nitrogens with one attached hydrogen (secondary N) is 3. The maximum Gasteiger partial charge on any atom is 0.573 e. The van der Waals surface area contributed by atoms with E-state index in [-0.39, 0.29) is 24.4 Å². The van der Waals surface area contributed by atoms with Crippen molar-refractivity contribution in [3.63, 3.8) is 0 Å². The number of hydrogen-bond acceptors (Lipinski definition) is 6. The molecule has 0 radical (unpaired) electrons. The normalized spacial score (nSPS) is 11.9. The number of carbonyl (C=O) groups is 3. The van der Waals surface area contributed by atoms with E-state index in [9.17, 15) is 27.6 Å². The first-order valence-corrected chi connectivity index (χ1v) is 10.3. The number of carboxylic acid groups (broad SMARTS) is 1. The summed E-state index contributed by atoms with van der Waals surface area (Å²) in [6.07, 6.45) is -3.03. The predicted octanol–water partition coefficient (Wildman–Crippen LogP) is 2.93. The zero-order chi connectivity index (χ0) is 25.1. The van der Waals surface area contributed by atoms with Crippen LogP contribution in [0.3, 0.4) is 0 Å². The molecule has 1 aromatic heterocycles. The average molecular weight is 482 g/mol. The van der Waals surface area contributed by atoms with Crippen LogP contribution >= 0.6 is 0 Å². The van der Waals surface area contributed by atoms with Crippen molar-refractivity contribution in [2.24, 2.45) is 0 Å². The predicted molar refractivity (Wildman–Crippen MR) is 116 cm³/mol. The summed E-state index contributed by atoms with van der Waals surface area (Å²) in [5, 5.41) is 17.1. The summed E-state index contributed by atoms with van der Waals surface area (Å²) in [6, 6.07) is 7.22. The summed E-state index contributed by atoms with van der Waals surface area (Å²) in [5.41, 5.74) is 1.32. The third kappa shape index (κ3) is 10.2. The third-order valence-corrected chi connectivity index (χ3v) is 4.48. The molecular weight excluding hydrogens is 457 g/mol. The van der Waals surface area contributed by atoms with Gasteiger partial charge in [-0.1, -0.05) is 12.1 Å². The number of anilines is 1. The van der Waals surface area contributed by atoms with Crippen LogP contribution in [0.4, 0.5) is 19.0 Å². The number of aliphatic carboxylic acids is 1. The molecule has 34 heavy (non-hydrogen) atoms. The van der Waals surface area contributed by atoms with Crippen molar-refractivity contribution in [3.05, 3.63) is 53.7 Å². The lowest BCUT2D eigenvalue weighted by Crippen LogP contribution is -2.39. The number of rotatable bonds is 12. The lowest BCUT2D eigenvalue weighted by molar-refractivity contribution is -0.274. The minimum absolute atomic E-state index is 0.158. The van der Waals surface area contributed by atoms with E-state index < -0.39 is 36.5 Å². The summed E-state index contributed by atoms with van der Waals surface area (Å²) in [7, 11) is 0. The van der Waals surface area contributed by atoms with Crippen LogP contribution in [0.1, 0.15) is 36.4 Å². The fourth-order valence-corrected chi connectivity index (χ4v) is 2.94. The maximum absolute atomic E-state index is 12.3. The molecule has 0 aliphatic carbocycles. The van der Waals surface area contributed by atoms with Gasteiger partial charge in [0.2, 0.25) is 11.8 Å². The molecule has 1 heterocycles. The Bertz CT molecular complexity index is 983. The number of nitrogens with zero attached hydrogens (tertiary/aromatic N) is 1. The van der Waals surface area contributed by atoms with Crippen molar-refractivity contribution in [2.75, 3.05) is 18.4 Å². The van der Waals surface area contributed by atoms with Gasteiger partial charge in [0, 0.05) is 19.2 Å². The number of pyridine rings is 1. The number of aromatic nitrogens is 1. The zero-order valence-corrected chi connectivity index (χ0v) is 18.3. The molecule has 2 aromatic rings. The van der Waals surface area contributed by atoms with Crippen LogP contribution < -0.4 is 20.7 Å². The van der Waals surface area contributed by atoms with E-state index in [0.29, 0.717) is 18.8 Å². The van der Waals surface area contributed by atoms with Gasteiger partial charge in [-0.25, -0.2) is 4.98 Å². The van der Waals surface area contributed by atoms with Crippen LogP contribution in [0.2, 0.25) is 0 Å². The highest BCUT2D eigenvalue weighted by Gasteiger charge is 2.31. The topological polar surface area (TPSA) is 130 Å². The first-order valence-electron chi connectivity index (χ1n) is 10.3. The quantitative estimate of drug-likeness (QED) is 0.342. The Kier molecular flexibility index (Phi) is 9.65. The summed E-state index contributed by atoms with van der Waals surface area (Å²) >= 11 is 0. The second-order valence-electron chi connectivity index (χ2n) is 7.36. The van der Waals surface area contributed by atoms with E-state index in [1.54, 1.807) is 6.20 Å². The molecule has 0 spiro atoms. The van der Waals surface area contributed by atoms with Gasteiger partial charge in [0.1, 0.15) is 11.6 Å². The Morgan fingerprint density at radius 2 is 1.82 bits per heavy atom. The van der Waals surface area contributed by atoms with Gasteiger partial charge in [-0.05, 0) is 48.7 Å². The molecule has 184 valence electrons. The molecule has 0 saturated carbocycles. The van der Waals surface area contributed by atoms with Gasteiger partial charge < -0.3 is 25.8 Å². The van der Waals surface area contributed by atoms with Crippen molar-refractivity contribution < 1.29 is 37.4 Å². The second kappa shape index (κ2) is 12.4. The van der Waals surface area contributed by atoms with Gasteiger partial charge in [-0.3, -0.25) is 14.4 Å². The van der Waals surface area contributed by atoms with E-state index in [0.717, 1.165) is 17.7 Å². The number of aryl methyl sites for hydroxylation is 1. The molecule has 4 N–H and O–H groups in total. The van der Waals surface area contributed by atoms with E-state index >= 15 is 0 Å². The third-order valence-electron chi connectivity index (χ3n) is 4.48. The second-order valence-corrected chi connectivity index (χ2v) is 7.36. The Morgan fingerprint density at radius 1 is 1.12 bits per heavy atom. The van der Waals surface area contributed by atoms with Crippen molar-refractivity contribution in [3.8, 4) is 5.75 Å². The standard InChI is InChI=1S/C22H25F3N4O5/c1-14-8-10-27-18(11-14)26-9-2-3-19(30)28-13-20(31)29-17(12-21(32)33)15-4-6-16(7-5-15)34-22(23,24)25/h4-8,10-11,17H,2-3,9,12-13H2,1H3,(H,26,27)(H,28,30)(H,29,31)(H,32,33). The molecule has 9 nitrogen and oxygen atoms in total. The number of hydrogen-bond donors (Lipinski definition) is 4. The Morgan fingerprint density at radius 3 is 2.44 bits per heavy atom. The lowest BCUT2D eigenvalue weighted by atomic mass is 10.0. The van der Waals surface area contributed by atoms with Crippen LogP contribution in [-0.2, 0) is 14.4 Å². The van der Waals surface area contributed by atoms with Gasteiger partial charge >= 0.3 is 12.3 Å². The molecule has 2 rings (SSSR count). The molecule has 2 amide bonds. The molecule has 0 aliphatic heterocycles. The minimum Gasteiger partial charge on any atom is -0.481 e. The molecular formula is C22H25F3N4O5. The van der Waals surface area contributed by atoms with Crippen LogP contribution in [0, 0.1) is 6.92 Å². The van der Waals surface area contributed by atoms with Gasteiger partial charge in [0.05, 0.1) is 19.0 Å². The SMILES string of the molecule is Cc1ccnc(NCCCC(=O)NCC(=O)NC(CC(=O)O)c2ccc(OC(F)(F)F)cc2)c1. The van der Waals surface area contributed by atoms with Crippen LogP contribution in [-0.4, -0.2) is 47.3 Å². The number of ether oxygens (including phenoxy) is 1. The molecule has 1 unspecified atom stereocenters. The number of halogens is 3. The van der Waals surface area contributed by atoms with Gasteiger partial charge in [-0.15, -0.1) is 13.2 Å². The Hall–Kier alpha value is -3.83. The smallest absolute Gasteiger partial charge is 0.481 e. The van der Waals surface area contributed by atoms with Crippen molar-refractivity contribution in [1.82, 2.24) is 15.6 Å². The van der Waals surface area contributed by atoms with E-state index in [2.05, 4.69) is 25.7 Å².